The van der Waals surface area contributed by atoms with E-state index in [9.17, 15) is 0 Å². The first-order valence-electron chi connectivity index (χ1n) is 6.79. The number of benzene rings is 1. The lowest BCUT2D eigenvalue weighted by Gasteiger charge is -2.18. The highest BCUT2D eigenvalue weighted by Gasteiger charge is 2.14. The highest BCUT2D eigenvalue weighted by Crippen LogP contribution is 2.32. The van der Waals surface area contributed by atoms with E-state index < -0.39 is 0 Å². The van der Waals surface area contributed by atoms with E-state index in [0.29, 0.717) is 19.8 Å². The summed E-state index contributed by atoms with van der Waals surface area (Å²) in [6.07, 6.45) is 1.63. The van der Waals surface area contributed by atoms with E-state index in [-0.39, 0.29) is 12.6 Å². The van der Waals surface area contributed by atoms with Gasteiger partial charge in [-0.15, -0.1) is 0 Å². The lowest BCUT2D eigenvalue weighted by atomic mass is 10.1. The second-order valence-corrected chi connectivity index (χ2v) is 4.58. The monoisotopic (exact) mass is 266 g/mol. The van der Waals surface area contributed by atoms with Crippen molar-refractivity contribution in [1.29, 1.82) is 0 Å². The van der Waals surface area contributed by atoms with E-state index in [1.807, 2.05) is 18.2 Å². The Hall–Kier alpha value is -1.30. The number of hydrogen-bond donors (Lipinski definition) is 3. The molecular formula is C14H22N2O3. The summed E-state index contributed by atoms with van der Waals surface area (Å²) < 4.78 is 11.3. The number of nitrogens with two attached hydrogens (primary N) is 1. The Bertz CT molecular complexity index is 398. The van der Waals surface area contributed by atoms with E-state index >= 15 is 0 Å². The molecule has 19 heavy (non-hydrogen) atoms. The standard InChI is InChI=1S/C14H22N2O3/c15-10-12(16-5-1-6-17)11-3-4-13-14(9-11)19-8-2-7-18-13/h3-4,9,12,16-17H,1-2,5-8,10,15H2. The molecule has 1 aliphatic rings. The Morgan fingerprint density at radius 2 is 2.05 bits per heavy atom. The number of aliphatic hydroxyl groups is 1. The van der Waals surface area contributed by atoms with Crippen LogP contribution in [0.1, 0.15) is 24.4 Å². The maximum atomic E-state index is 8.80. The molecule has 0 saturated heterocycles. The topological polar surface area (TPSA) is 76.7 Å². The summed E-state index contributed by atoms with van der Waals surface area (Å²) in [5.74, 6) is 1.59. The summed E-state index contributed by atoms with van der Waals surface area (Å²) in [7, 11) is 0. The van der Waals surface area contributed by atoms with Crippen LogP contribution >= 0.6 is 0 Å². The van der Waals surface area contributed by atoms with Gasteiger partial charge in [-0.2, -0.15) is 0 Å². The van der Waals surface area contributed by atoms with Gasteiger partial charge in [-0.3, -0.25) is 0 Å². The highest BCUT2D eigenvalue weighted by atomic mass is 16.5. The normalized spacial score (nSPS) is 15.9. The minimum Gasteiger partial charge on any atom is -0.490 e. The number of rotatable bonds is 6. The van der Waals surface area contributed by atoms with Gasteiger partial charge in [-0.25, -0.2) is 0 Å². The average Bonchev–Trinajstić information content (AvgIpc) is 2.68. The molecule has 0 bridgehead atoms. The number of hydrogen-bond acceptors (Lipinski definition) is 5. The number of fused-ring (bicyclic) bond motifs is 1. The van der Waals surface area contributed by atoms with Crippen LogP contribution in [0.25, 0.3) is 0 Å². The summed E-state index contributed by atoms with van der Waals surface area (Å²) in [5, 5.41) is 12.1. The van der Waals surface area contributed by atoms with Crippen molar-refractivity contribution in [2.45, 2.75) is 18.9 Å². The molecule has 5 heteroatoms. The number of aliphatic hydroxyl groups excluding tert-OH is 1. The third-order valence-corrected chi connectivity index (χ3v) is 3.14. The smallest absolute Gasteiger partial charge is 0.161 e. The first kappa shape index (κ1) is 14.1. The van der Waals surface area contributed by atoms with Crippen LogP contribution in [-0.4, -0.2) is 38.0 Å². The molecule has 1 unspecified atom stereocenters. The zero-order chi connectivity index (χ0) is 13.5. The molecule has 4 N–H and O–H groups in total. The van der Waals surface area contributed by atoms with Gasteiger partial charge in [0.25, 0.3) is 0 Å². The van der Waals surface area contributed by atoms with Gasteiger partial charge in [0.2, 0.25) is 0 Å². The molecular weight excluding hydrogens is 244 g/mol. The second-order valence-electron chi connectivity index (χ2n) is 4.58. The first-order chi connectivity index (χ1) is 9.35. The molecule has 1 aromatic rings. The zero-order valence-corrected chi connectivity index (χ0v) is 11.1. The van der Waals surface area contributed by atoms with Crippen molar-refractivity contribution in [2.75, 3.05) is 32.9 Å². The molecule has 0 aromatic heterocycles. The van der Waals surface area contributed by atoms with Crippen LogP contribution in [-0.2, 0) is 0 Å². The van der Waals surface area contributed by atoms with Crippen LogP contribution in [0.3, 0.4) is 0 Å². The Kier molecular flexibility index (Phi) is 5.44. The van der Waals surface area contributed by atoms with Crippen molar-refractivity contribution >= 4 is 0 Å². The van der Waals surface area contributed by atoms with Crippen molar-refractivity contribution in [1.82, 2.24) is 5.32 Å². The lowest BCUT2D eigenvalue weighted by Crippen LogP contribution is -2.29. The van der Waals surface area contributed by atoms with E-state index in [0.717, 1.165) is 36.4 Å². The van der Waals surface area contributed by atoms with Crippen LogP contribution in [0.4, 0.5) is 0 Å². The molecule has 0 spiro atoms. The Balaban J connectivity index is 2.08. The van der Waals surface area contributed by atoms with Crippen LogP contribution < -0.4 is 20.5 Å². The molecule has 106 valence electrons. The van der Waals surface area contributed by atoms with Gasteiger partial charge in [0.15, 0.2) is 11.5 Å². The summed E-state index contributed by atoms with van der Waals surface area (Å²) in [4.78, 5) is 0. The minimum absolute atomic E-state index is 0.0729. The van der Waals surface area contributed by atoms with Gasteiger partial charge in [-0.1, -0.05) is 6.07 Å². The number of nitrogens with one attached hydrogen (secondary N) is 1. The molecule has 0 aliphatic carbocycles. The van der Waals surface area contributed by atoms with Gasteiger partial charge >= 0.3 is 0 Å². The molecule has 1 aliphatic heterocycles. The molecule has 1 heterocycles. The SMILES string of the molecule is NCC(NCCCO)c1ccc2c(c1)OCCCO2. The predicted molar refractivity (Wildman–Crippen MR) is 73.5 cm³/mol. The fourth-order valence-corrected chi connectivity index (χ4v) is 2.09. The summed E-state index contributed by atoms with van der Waals surface area (Å²) in [6.45, 7) is 2.81. The summed E-state index contributed by atoms with van der Waals surface area (Å²) in [6, 6.07) is 6.01. The van der Waals surface area contributed by atoms with Crippen LogP contribution in [0.5, 0.6) is 11.5 Å². The highest BCUT2D eigenvalue weighted by molar-refractivity contribution is 5.44. The molecule has 0 saturated carbocycles. The van der Waals surface area contributed by atoms with E-state index in [4.69, 9.17) is 20.3 Å². The minimum atomic E-state index is 0.0729. The third-order valence-electron chi connectivity index (χ3n) is 3.14. The van der Waals surface area contributed by atoms with E-state index in [2.05, 4.69) is 5.32 Å². The fourth-order valence-electron chi connectivity index (χ4n) is 2.09. The molecule has 0 radical (unpaired) electrons. The summed E-state index contributed by atoms with van der Waals surface area (Å²) >= 11 is 0. The Labute approximate surface area is 113 Å². The van der Waals surface area contributed by atoms with Crippen molar-refractivity contribution in [3.8, 4) is 11.5 Å². The fraction of sp³-hybridized carbons (Fsp3) is 0.571. The van der Waals surface area contributed by atoms with Crippen LogP contribution in [0.2, 0.25) is 0 Å². The maximum Gasteiger partial charge on any atom is 0.161 e. The Morgan fingerprint density at radius 1 is 1.26 bits per heavy atom. The first-order valence-corrected chi connectivity index (χ1v) is 6.79. The number of ether oxygens (including phenoxy) is 2. The van der Waals surface area contributed by atoms with Crippen LogP contribution in [0, 0.1) is 0 Å². The van der Waals surface area contributed by atoms with Crippen LogP contribution in [0.15, 0.2) is 18.2 Å². The van der Waals surface area contributed by atoms with Crippen molar-refractivity contribution in [3.05, 3.63) is 23.8 Å². The van der Waals surface area contributed by atoms with Gasteiger partial charge < -0.3 is 25.6 Å². The van der Waals surface area contributed by atoms with Gasteiger partial charge in [-0.05, 0) is 30.7 Å². The lowest BCUT2D eigenvalue weighted by molar-refractivity contribution is 0.283. The average molecular weight is 266 g/mol. The third kappa shape index (κ3) is 3.83. The zero-order valence-electron chi connectivity index (χ0n) is 11.1. The quantitative estimate of drug-likeness (QED) is 0.665. The van der Waals surface area contributed by atoms with Gasteiger partial charge in [0, 0.05) is 25.6 Å². The van der Waals surface area contributed by atoms with E-state index in [1.165, 1.54) is 0 Å². The second kappa shape index (κ2) is 7.33. The van der Waals surface area contributed by atoms with Crippen molar-refractivity contribution in [3.63, 3.8) is 0 Å². The van der Waals surface area contributed by atoms with Gasteiger partial charge in [0.05, 0.1) is 13.2 Å². The Morgan fingerprint density at radius 3 is 2.79 bits per heavy atom. The van der Waals surface area contributed by atoms with Gasteiger partial charge in [0.1, 0.15) is 0 Å². The van der Waals surface area contributed by atoms with Crippen molar-refractivity contribution in [2.24, 2.45) is 5.73 Å². The molecule has 1 atom stereocenters. The maximum absolute atomic E-state index is 8.80. The molecule has 0 amide bonds. The molecule has 1 aromatic carbocycles. The largest absolute Gasteiger partial charge is 0.490 e. The van der Waals surface area contributed by atoms with E-state index in [1.54, 1.807) is 0 Å². The van der Waals surface area contributed by atoms with Crippen molar-refractivity contribution < 1.29 is 14.6 Å². The molecule has 2 rings (SSSR count). The molecule has 0 fully saturated rings. The predicted octanol–water partition coefficient (Wildman–Crippen LogP) is 0.820. The molecule has 5 nitrogen and oxygen atoms in total. The summed E-state index contributed by atoms with van der Waals surface area (Å²) in [5.41, 5.74) is 6.88.